The van der Waals surface area contributed by atoms with Gasteiger partial charge in [0.2, 0.25) is 5.96 Å². The van der Waals surface area contributed by atoms with E-state index in [0.717, 1.165) is 43.0 Å². The third-order valence-corrected chi connectivity index (χ3v) is 6.33. The summed E-state index contributed by atoms with van der Waals surface area (Å²) in [6.45, 7) is 5.72. The quantitative estimate of drug-likeness (QED) is 0.493. The fourth-order valence-corrected chi connectivity index (χ4v) is 4.41. The first-order valence-corrected chi connectivity index (χ1v) is 12.0. The number of nitrogens with one attached hydrogen (secondary N) is 2. The van der Waals surface area contributed by atoms with Gasteiger partial charge in [0.25, 0.3) is 0 Å². The number of fused-ring (bicyclic) bond motifs is 1. The van der Waals surface area contributed by atoms with Crippen LogP contribution in [0.4, 0.5) is 10.2 Å². The summed E-state index contributed by atoms with van der Waals surface area (Å²) >= 11 is 0. The highest BCUT2D eigenvalue weighted by Gasteiger charge is 2.37. The van der Waals surface area contributed by atoms with Crippen LogP contribution in [0.5, 0.6) is 11.5 Å². The summed E-state index contributed by atoms with van der Waals surface area (Å²) in [5.41, 5.74) is 9.02. The Morgan fingerprint density at radius 1 is 1.14 bits per heavy atom. The smallest absolute Gasteiger partial charge is 0.201 e. The van der Waals surface area contributed by atoms with Crippen molar-refractivity contribution in [3.05, 3.63) is 71.7 Å². The van der Waals surface area contributed by atoms with Gasteiger partial charge in [-0.1, -0.05) is 26.0 Å². The van der Waals surface area contributed by atoms with Crippen molar-refractivity contribution in [2.75, 3.05) is 13.2 Å². The molecule has 0 bridgehead atoms. The SMILES string of the molecule is CC(C)c1cnn2c1N=C(NC1CCOCC1)NC2(N)Cc1ccc(Oc2ccc(F)cc2)cc1. The highest BCUT2D eigenvalue weighted by atomic mass is 19.1. The lowest BCUT2D eigenvalue weighted by Gasteiger charge is -2.38. The van der Waals surface area contributed by atoms with Crippen molar-refractivity contribution in [1.29, 1.82) is 0 Å². The van der Waals surface area contributed by atoms with Gasteiger partial charge in [-0.15, -0.1) is 0 Å². The number of aromatic nitrogens is 2. The maximum Gasteiger partial charge on any atom is 0.201 e. The Morgan fingerprint density at radius 2 is 1.80 bits per heavy atom. The van der Waals surface area contributed by atoms with Crippen LogP contribution in [0.25, 0.3) is 0 Å². The second kappa shape index (κ2) is 9.67. The monoisotopic (exact) mass is 478 g/mol. The van der Waals surface area contributed by atoms with Crippen LogP contribution in [0.1, 0.15) is 43.7 Å². The van der Waals surface area contributed by atoms with Gasteiger partial charge in [-0.25, -0.2) is 9.07 Å². The first-order valence-electron chi connectivity index (χ1n) is 12.0. The number of ether oxygens (including phenoxy) is 2. The Morgan fingerprint density at radius 3 is 2.46 bits per heavy atom. The van der Waals surface area contributed by atoms with Crippen molar-refractivity contribution in [3.63, 3.8) is 0 Å². The number of hydrogen-bond acceptors (Lipinski definition) is 7. The average molecular weight is 479 g/mol. The summed E-state index contributed by atoms with van der Waals surface area (Å²) in [4.78, 5) is 4.85. The third-order valence-electron chi connectivity index (χ3n) is 6.33. The molecule has 2 aliphatic heterocycles. The first kappa shape index (κ1) is 23.3. The van der Waals surface area contributed by atoms with Crippen LogP contribution in [0.2, 0.25) is 0 Å². The van der Waals surface area contributed by atoms with E-state index in [9.17, 15) is 4.39 Å². The molecule has 4 N–H and O–H groups in total. The summed E-state index contributed by atoms with van der Waals surface area (Å²) in [7, 11) is 0. The molecule has 0 amide bonds. The van der Waals surface area contributed by atoms with Gasteiger partial charge >= 0.3 is 0 Å². The van der Waals surface area contributed by atoms with Gasteiger partial charge in [-0.05, 0) is 60.7 Å². The Kier molecular flexibility index (Phi) is 6.44. The molecule has 9 heteroatoms. The minimum atomic E-state index is -1.00. The molecule has 2 aromatic carbocycles. The highest BCUT2D eigenvalue weighted by Crippen LogP contribution is 2.33. The molecule has 1 unspecified atom stereocenters. The lowest BCUT2D eigenvalue weighted by atomic mass is 10.0. The zero-order valence-electron chi connectivity index (χ0n) is 20.0. The van der Waals surface area contributed by atoms with E-state index in [0.29, 0.717) is 23.9 Å². The Labute approximate surface area is 204 Å². The molecule has 0 radical (unpaired) electrons. The van der Waals surface area contributed by atoms with Gasteiger partial charge in [0.05, 0.1) is 6.20 Å². The Balaban J connectivity index is 1.37. The number of halogens is 1. The van der Waals surface area contributed by atoms with E-state index in [2.05, 4.69) is 29.6 Å². The summed E-state index contributed by atoms with van der Waals surface area (Å²) in [5, 5.41) is 11.5. The zero-order chi connectivity index (χ0) is 24.4. The van der Waals surface area contributed by atoms with E-state index in [4.69, 9.17) is 20.2 Å². The number of nitrogens with zero attached hydrogens (tertiary/aromatic N) is 3. The van der Waals surface area contributed by atoms with Crippen LogP contribution in [0.3, 0.4) is 0 Å². The summed E-state index contributed by atoms with van der Waals surface area (Å²) in [6, 6.07) is 13.9. The topological polar surface area (TPSA) is 98.7 Å². The maximum absolute atomic E-state index is 13.1. The molecule has 1 atom stereocenters. The molecule has 5 rings (SSSR count). The van der Waals surface area contributed by atoms with Crippen LogP contribution in [-0.4, -0.2) is 35.0 Å². The van der Waals surface area contributed by atoms with Crippen molar-refractivity contribution >= 4 is 11.8 Å². The standard InChI is InChI=1S/C26H31FN6O2/c1-17(2)23-16-29-33-24(23)31-25(30-20-11-13-34-14-12-20)32-26(33,28)15-18-3-7-21(8-4-18)35-22-9-5-19(27)6-10-22/h3-10,16-17,20H,11-15,28H2,1-2H3,(H2,30,31,32). The van der Waals surface area contributed by atoms with Crippen LogP contribution >= 0.6 is 0 Å². The molecule has 1 saturated heterocycles. The van der Waals surface area contributed by atoms with Crippen molar-refractivity contribution in [3.8, 4) is 11.5 Å². The molecule has 0 spiro atoms. The Bertz CT molecular complexity index is 1190. The van der Waals surface area contributed by atoms with Gasteiger partial charge < -0.3 is 20.1 Å². The molecule has 1 aromatic heterocycles. The third kappa shape index (κ3) is 5.16. The van der Waals surface area contributed by atoms with Crippen LogP contribution in [-0.2, 0) is 16.9 Å². The lowest BCUT2D eigenvalue weighted by molar-refractivity contribution is 0.0817. The van der Waals surface area contributed by atoms with E-state index >= 15 is 0 Å². The molecule has 3 heterocycles. The maximum atomic E-state index is 13.1. The minimum absolute atomic E-state index is 0.261. The second-order valence-corrected chi connectivity index (χ2v) is 9.41. The number of aliphatic imine (C=N–C) groups is 1. The van der Waals surface area contributed by atoms with E-state index in [1.165, 1.54) is 12.1 Å². The summed E-state index contributed by atoms with van der Waals surface area (Å²) < 4.78 is 26.2. The normalized spacial score (nSPS) is 20.2. The van der Waals surface area contributed by atoms with E-state index in [1.807, 2.05) is 30.5 Å². The molecular formula is C26H31FN6O2. The fraction of sp³-hybridized carbons (Fsp3) is 0.385. The summed E-state index contributed by atoms with van der Waals surface area (Å²) in [6.07, 6.45) is 4.17. The second-order valence-electron chi connectivity index (χ2n) is 9.41. The average Bonchev–Trinajstić information content (AvgIpc) is 3.28. The molecule has 1 fully saturated rings. The zero-order valence-corrected chi connectivity index (χ0v) is 20.0. The number of nitrogens with two attached hydrogens (primary N) is 1. The molecule has 2 aliphatic rings. The number of hydrogen-bond donors (Lipinski definition) is 3. The van der Waals surface area contributed by atoms with Gasteiger partial charge in [-0.2, -0.15) is 10.1 Å². The number of benzene rings is 2. The lowest BCUT2D eigenvalue weighted by Crippen LogP contribution is -2.64. The van der Waals surface area contributed by atoms with E-state index < -0.39 is 5.79 Å². The fourth-order valence-electron chi connectivity index (χ4n) is 4.41. The largest absolute Gasteiger partial charge is 0.457 e. The van der Waals surface area contributed by atoms with Gasteiger partial charge in [-0.3, -0.25) is 5.73 Å². The summed E-state index contributed by atoms with van der Waals surface area (Å²) in [5.74, 6) is 1.62. The molecule has 3 aromatic rings. The highest BCUT2D eigenvalue weighted by molar-refractivity contribution is 5.84. The molecule has 184 valence electrons. The van der Waals surface area contributed by atoms with E-state index in [1.54, 1.807) is 16.8 Å². The predicted molar refractivity (Wildman–Crippen MR) is 132 cm³/mol. The number of rotatable bonds is 6. The Hall–Kier alpha value is -3.43. The molecule has 35 heavy (non-hydrogen) atoms. The van der Waals surface area contributed by atoms with Crippen LogP contribution < -0.4 is 21.1 Å². The van der Waals surface area contributed by atoms with Crippen LogP contribution in [0, 0.1) is 5.82 Å². The van der Waals surface area contributed by atoms with Crippen LogP contribution in [0.15, 0.2) is 59.7 Å². The molecule has 0 saturated carbocycles. The molecule has 0 aliphatic carbocycles. The van der Waals surface area contributed by atoms with Crippen molar-refractivity contribution < 1.29 is 13.9 Å². The van der Waals surface area contributed by atoms with Gasteiger partial charge in [0.15, 0.2) is 11.6 Å². The van der Waals surface area contributed by atoms with Gasteiger partial charge in [0.1, 0.15) is 17.3 Å². The van der Waals surface area contributed by atoms with Gasteiger partial charge in [0, 0.05) is 31.2 Å². The van der Waals surface area contributed by atoms with Crippen molar-refractivity contribution in [2.24, 2.45) is 10.7 Å². The van der Waals surface area contributed by atoms with Crippen molar-refractivity contribution in [2.45, 2.75) is 50.9 Å². The minimum Gasteiger partial charge on any atom is -0.457 e. The first-order chi connectivity index (χ1) is 16.9. The molecular weight excluding hydrogens is 447 g/mol. The molecule has 8 nitrogen and oxygen atoms in total. The van der Waals surface area contributed by atoms with E-state index in [-0.39, 0.29) is 17.8 Å². The number of guanidine groups is 1. The predicted octanol–water partition coefficient (Wildman–Crippen LogP) is 4.11. The van der Waals surface area contributed by atoms with Crippen molar-refractivity contribution in [1.82, 2.24) is 20.4 Å².